The lowest BCUT2D eigenvalue weighted by Crippen LogP contribution is -2.04. The van der Waals surface area contributed by atoms with Crippen LogP contribution in [0.25, 0.3) is 0 Å². The summed E-state index contributed by atoms with van der Waals surface area (Å²) < 4.78 is 36.3. The van der Waals surface area contributed by atoms with Crippen LogP contribution in [0.3, 0.4) is 0 Å². The van der Waals surface area contributed by atoms with Crippen LogP contribution < -0.4 is 0 Å². The van der Waals surface area contributed by atoms with Gasteiger partial charge in [0.05, 0.1) is 5.56 Å². The number of alkyl halides is 3. The van der Waals surface area contributed by atoms with E-state index in [0.717, 1.165) is 24.3 Å². The molecule has 8 heteroatoms. The molecule has 15 heavy (non-hydrogen) atoms. The Bertz CT molecular complexity index is 387. The topological polar surface area (TPSA) is 60.7 Å². The Morgan fingerprint density at radius 1 is 1.00 bits per heavy atom. The fraction of sp³-hybridized carbons (Fsp3) is 0.143. The molecule has 0 heterocycles. The van der Waals surface area contributed by atoms with E-state index in [-0.39, 0.29) is 4.90 Å². The molecule has 1 rings (SSSR count). The molecule has 0 saturated carbocycles. The van der Waals surface area contributed by atoms with E-state index in [2.05, 4.69) is 0 Å². The molecule has 0 spiro atoms. The van der Waals surface area contributed by atoms with Gasteiger partial charge in [0.15, 0.2) is 0 Å². The van der Waals surface area contributed by atoms with Crippen LogP contribution in [0.15, 0.2) is 29.2 Å². The Morgan fingerprint density at radius 3 is 1.80 bits per heavy atom. The van der Waals surface area contributed by atoms with E-state index in [1.165, 1.54) is 0 Å². The second-order valence-corrected chi connectivity index (χ2v) is 6.32. The maximum atomic E-state index is 12.1. The Labute approximate surface area is 87.0 Å². The van der Waals surface area contributed by atoms with Gasteiger partial charge in [-0.2, -0.15) is 13.2 Å². The van der Waals surface area contributed by atoms with Crippen LogP contribution >= 0.6 is 6.72 Å². The molecule has 0 aliphatic rings. The van der Waals surface area contributed by atoms with Gasteiger partial charge >= 0.3 is 12.9 Å². The molecule has 0 aliphatic carbocycles. The van der Waals surface area contributed by atoms with Crippen molar-refractivity contribution in [3.05, 3.63) is 29.8 Å². The molecule has 0 aromatic heterocycles. The summed E-state index contributed by atoms with van der Waals surface area (Å²) in [5.74, 6) is 0. The molecule has 0 fully saturated rings. The molecule has 0 bridgehead atoms. The van der Waals surface area contributed by atoms with Gasteiger partial charge in [0.1, 0.15) is 0 Å². The van der Waals surface area contributed by atoms with Crippen molar-refractivity contribution in [2.24, 2.45) is 0 Å². The van der Waals surface area contributed by atoms with Gasteiger partial charge in [0.2, 0.25) is 4.90 Å². The largest absolute Gasteiger partial charge is 0.521 e. The molecular formula is C7H7F3O3PS+. The van der Waals surface area contributed by atoms with Crippen molar-refractivity contribution in [3.63, 3.8) is 0 Å². The Balaban J connectivity index is 3.02. The Morgan fingerprint density at radius 2 is 1.47 bits per heavy atom. The zero-order chi connectivity index (χ0) is 11.7. The molecule has 3 nitrogen and oxygen atoms in total. The minimum atomic E-state index is -4.42. The molecule has 1 aromatic carbocycles. The summed E-state index contributed by atoms with van der Waals surface area (Å²) in [7, 11) is 0.331. The second-order valence-electron chi connectivity index (χ2n) is 2.63. The van der Waals surface area contributed by atoms with E-state index in [4.69, 9.17) is 14.7 Å². The third kappa shape index (κ3) is 4.27. The maximum absolute atomic E-state index is 12.1. The fourth-order valence-electron chi connectivity index (χ4n) is 0.846. The highest BCUT2D eigenvalue weighted by Gasteiger charge is 2.31. The van der Waals surface area contributed by atoms with Gasteiger partial charge in [-0.3, -0.25) is 14.7 Å². The van der Waals surface area contributed by atoms with Crippen LogP contribution in [0.1, 0.15) is 5.56 Å². The molecule has 0 radical (unpaired) electrons. The highest BCUT2D eigenvalue weighted by Crippen LogP contribution is 2.34. The summed E-state index contributed by atoms with van der Waals surface area (Å²) >= 11 is 0. The molecule has 0 amide bonds. The lowest BCUT2D eigenvalue weighted by atomic mass is 10.2. The van der Waals surface area contributed by atoms with Gasteiger partial charge < -0.3 is 0 Å². The van der Waals surface area contributed by atoms with E-state index < -0.39 is 18.5 Å². The minimum Gasteiger partial charge on any atom is -0.289 e. The molecule has 0 atom stereocenters. The first-order chi connectivity index (χ1) is 6.68. The Kier molecular flexibility index (Phi) is 3.52. The number of hydrogen-bond donors (Lipinski definition) is 3. The number of benzene rings is 1. The lowest BCUT2D eigenvalue weighted by Gasteiger charge is -2.03. The van der Waals surface area contributed by atoms with Gasteiger partial charge in [-0.1, -0.05) is 0 Å². The van der Waals surface area contributed by atoms with Crippen molar-refractivity contribution in [2.45, 2.75) is 11.1 Å². The summed E-state index contributed by atoms with van der Waals surface area (Å²) in [6.45, 7) is -4.06. The standard InChI is InChI=1S/C7H7F3O3PS/c8-7(9,10)5-1-3-6(4-2-5)15-14(11,12)13/h1-4,11-13H/q+1. The van der Waals surface area contributed by atoms with Crippen LogP contribution in [-0.2, 0) is 17.1 Å². The van der Waals surface area contributed by atoms with Crippen molar-refractivity contribution in [3.8, 4) is 0 Å². The van der Waals surface area contributed by atoms with Gasteiger partial charge in [0.25, 0.3) is 10.9 Å². The van der Waals surface area contributed by atoms with Crippen molar-refractivity contribution < 1.29 is 27.9 Å². The minimum absolute atomic E-state index is 0.156. The Hall–Kier alpha value is -0.460. The average Bonchev–Trinajstić information content (AvgIpc) is 2.00. The highest BCUT2D eigenvalue weighted by atomic mass is 32.5. The van der Waals surface area contributed by atoms with Crippen molar-refractivity contribution in [1.29, 1.82) is 0 Å². The monoisotopic (exact) mass is 259 g/mol. The van der Waals surface area contributed by atoms with E-state index in [0.29, 0.717) is 10.9 Å². The quantitative estimate of drug-likeness (QED) is 0.532. The van der Waals surface area contributed by atoms with Crippen LogP contribution in [-0.4, -0.2) is 14.7 Å². The zero-order valence-corrected chi connectivity index (χ0v) is 8.85. The van der Waals surface area contributed by atoms with Crippen LogP contribution in [0.2, 0.25) is 0 Å². The van der Waals surface area contributed by atoms with Gasteiger partial charge in [-0.15, -0.1) is 0 Å². The zero-order valence-electron chi connectivity index (χ0n) is 7.14. The first kappa shape index (κ1) is 12.6. The predicted molar refractivity (Wildman–Crippen MR) is 50.7 cm³/mol. The van der Waals surface area contributed by atoms with E-state index in [1.807, 2.05) is 0 Å². The average molecular weight is 259 g/mol. The predicted octanol–water partition coefficient (Wildman–Crippen LogP) is 1.80. The van der Waals surface area contributed by atoms with Crippen molar-refractivity contribution >= 4 is 17.7 Å². The third-order valence-corrected chi connectivity index (χ3v) is 3.50. The number of halogens is 3. The second kappa shape index (κ2) is 4.19. The van der Waals surface area contributed by atoms with Crippen molar-refractivity contribution in [1.82, 2.24) is 0 Å². The molecule has 0 unspecified atom stereocenters. The number of hydrogen-bond acceptors (Lipinski definition) is 0. The molecule has 1 aromatic rings. The van der Waals surface area contributed by atoms with Crippen molar-refractivity contribution in [2.75, 3.05) is 0 Å². The summed E-state index contributed by atoms with van der Waals surface area (Å²) in [6, 6.07) is 3.73. The van der Waals surface area contributed by atoms with Crippen LogP contribution in [0.4, 0.5) is 13.2 Å². The lowest BCUT2D eigenvalue weighted by molar-refractivity contribution is -0.137. The first-order valence-corrected chi connectivity index (χ1v) is 6.69. The van der Waals surface area contributed by atoms with E-state index >= 15 is 0 Å². The number of rotatable bonds is 1. The molecular weight excluding hydrogens is 252 g/mol. The summed E-state index contributed by atoms with van der Waals surface area (Å²) in [4.78, 5) is 26.1. The molecule has 0 aliphatic heterocycles. The summed E-state index contributed by atoms with van der Waals surface area (Å²) in [6.07, 6.45) is -4.42. The SMILES string of the molecule is OP(O)(O)=[S+]c1ccc(C(F)(F)F)cc1. The molecule has 0 saturated heterocycles. The smallest absolute Gasteiger partial charge is 0.289 e. The maximum Gasteiger partial charge on any atom is 0.521 e. The van der Waals surface area contributed by atoms with Gasteiger partial charge in [0, 0.05) is 12.1 Å². The summed E-state index contributed by atoms with van der Waals surface area (Å²) in [5.41, 5.74) is -0.829. The van der Waals surface area contributed by atoms with E-state index in [1.54, 1.807) is 0 Å². The highest BCUT2D eigenvalue weighted by molar-refractivity contribution is 8.16. The fourth-order valence-corrected chi connectivity index (χ4v) is 2.60. The first-order valence-electron chi connectivity index (χ1n) is 3.63. The van der Waals surface area contributed by atoms with Crippen LogP contribution in [0.5, 0.6) is 0 Å². The van der Waals surface area contributed by atoms with Gasteiger partial charge in [-0.25, -0.2) is 0 Å². The van der Waals surface area contributed by atoms with Crippen LogP contribution in [0, 0.1) is 0 Å². The molecule has 84 valence electrons. The molecule has 3 N–H and O–H groups in total. The third-order valence-electron chi connectivity index (χ3n) is 1.41. The van der Waals surface area contributed by atoms with Gasteiger partial charge in [-0.05, 0) is 12.1 Å². The summed E-state index contributed by atoms with van der Waals surface area (Å²) in [5, 5.41) is 0. The van der Waals surface area contributed by atoms with E-state index in [9.17, 15) is 13.2 Å². The normalized spacial score (nSPS) is 12.7.